The minimum atomic E-state index is -0.825. The van der Waals surface area contributed by atoms with E-state index in [1.807, 2.05) is 18.0 Å². The molecule has 2 aliphatic rings. The van der Waals surface area contributed by atoms with E-state index in [0.29, 0.717) is 33.2 Å². The molecule has 5 rings (SSSR count). The number of hydrogen-bond acceptors (Lipinski definition) is 8. The highest BCUT2D eigenvalue weighted by Gasteiger charge is 2.44. The lowest BCUT2D eigenvalue weighted by molar-refractivity contribution is 0.144. The first-order chi connectivity index (χ1) is 15.0. The third kappa shape index (κ3) is 3.71. The van der Waals surface area contributed by atoms with E-state index < -0.39 is 6.17 Å². The Hall–Kier alpha value is -2.81. The molecule has 1 N–H and O–H groups in total. The van der Waals surface area contributed by atoms with Gasteiger partial charge in [-0.2, -0.15) is 0 Å². The average Bonchev–Trinajstić information content (AvgIpc) is 3.44. The lowest BCUT2D eigenvalue weighted by Crippen LogP contribution is -2.45. The summed E-state index contributed by atoms with van der Waals surface area (Å²) in [6.07, 6.45) is 4.61. The molecule has 2 bridgehead atoms. The number of methoxy groups -OCH3 is 1. The van der Waals surface area contributed by atoms with Gasteiger partial charge in [0.05, 0.1) is 24.4 Å². The summed E-state index contributed by atoms with van der Waals surface area (Å²) in [7, 11) is 3.44. The Morgan fingerprint density at radius 2 is 2.03 bits per heavy atom. The number of fused-ring (bicyclic) bond motifs is 2. The zero-order valence-electron chi connectivity index (χ0n) is 17.4. The highest BCUT2D eigenvalue weighted by Crippen LogP contribution is 2.46. The molecule has 0 aliphatic heterocycles. The molecular formula is C22H24FN5O2S. The lowest BCUT2D eigenvalue weighted by Gasteiger charge is -2.37. The van der Waals surface area contributed by atoms with Crippen molar-refractivity contribution in [3.8, 4) is 33.5 Å². The maximum absolute atomic E-state index is 15.0. The Bertz CT molecular complexity index is 1090. The number of aromatic nitrogens is 4. The predicted octanol–water partition coefficient (Wildman–Crippen LogP) is 4.34. The summed E-state index contributed by atoms with van der Waals surface area (Å²) in [5, 5.41) is 20.5. The minimum Gasteiger partial charge on any atom is -0.507 e. The number of hydrogen-bond donors (Lipinski definition) is 1. The van der Waals surface area contributed by atoms with Crippen LogP contribution in [0.1, 0.15) is 25.7 Å². The zero-order chi connectivity index (χ0) is 21.5. The SMILES string of the molecule is COc1cc(-c2ccc(-c3nnc(N(C)[C@@H]4C[C@H]5CC[C@H](C5)[C@@H]4F)s3)c(O)c2)ncn1. The molecule has 2 aromatic heterocycles. The van der Waals surface area contributed by atoms with Crippen LogP contribution in [0.4, 0.5) is 9.52 Å². The maximum atomic E-state index is 15.0. The second-order valence-electron chi connectivity index (χ2n) is 8.36. The summed E-state index contributed by atoms with van der Waals surface area (Å²) in [5.74, 6) is 1.33. The molecule has 0 spiro atoms. The maximum Gasteiger partial charge on any atom is 0.216 e. The second-order valence-corrected chi connectivity index (χ2v) is 9.32. The molecule has 3 aromatic rings. The van der Waals surface area contributed by atoms with Crippen molar-refractivity contribution < 1.29 is 14.2 Å². The van der Waals surface area contributed by atoms with Gasteiger partial charge in [0.1, 0.15) is 18.2 Å². The van der Waals surface area contributed by atoms with Crippen LogP contribution in [0, 0.1) is 11.8 Å². The van der Waals surface area contributed by atoms with E-state index in [4.69, 9.17) is 4.74 Å². The molecule has 31 heavy (non-hydrogen) atoms. The summed E-state index contributed by atoms with van der Waals surface area (Å²) in [6, 6.07) is 6.84. The molecule has 2 aliphatic carbocycles. The largest absolute Gasteiger partial charge is 0.507 e. The van der Waals surface area contributed by atoms with Gasteiger partial charge in [0, 0.05) is 18.7 Å². The summed E-state index contributed by atoms with van der Waals surface area (Å²) in [6.45, 7) is 0. The van der Waals surface area contributed by atoms with E-state index in [-0.39, 0.29) is 17.7 Å². The molecule has 1 aromatic carbocycles. The molecular weight excluding hydrogens is 417 g/mol. The first-order valence-electron chi connectivity index (χ1n) is 10.4. The number of anilines is 1. The molecule has 4 atom stereocenters. The van der Waals surface area contributed by atoms with Crippen LogP contribution in [0.3, 0.4) is 0 Å². The molecule has 2 fully saturated rings. The molecule has 0 unspecified atom stereocenters. The van der Waals surface area contributed by atoms with Gasteiger partial charge in [-0.05, 0) is 49.7 Å². The van der Waals surface area contributed by atoms with Gasteiger partial charge in [0.15, 0.2) is 5.01 Å². The van der Waals surface area contributed by atoms with Crippen LogP contribution >= 0.6 is 11.3 Å². The first kappa shape index (κ1) is 20.1. The van der Waals surface area contributed by atoms with Crippen molar-refractivity contribution in [3.63, 3.8) is 0 Å². The van der Waals surface area contributed by atoms with Crippen molar-refractivity contribution in [2.24, 2.45) is 11.8 Å². The summed E-state index contributed by atoms with van der Waals surface area (Å²) >= 11 is 1.37. The topological polar surface area (TPSA) is 84.3 Å². The van der Waals surface area contributed by atoms with Crippen molar-refractivity contribution in [2.45, 2.75) is 37.9 Å². The van der Waals surface area contributed by atoms with Crippen LogP contribution in [-0.2, 0) is 0 Å². The van der Waals surface area contributed by atoms with Crippen LogP contribution in [0.5, 0.6) is 11.6 Å². The summed E-state index contributed by atoms with van der Waals surface area (Å²) in [5.41, 5.74) is 1.97. The predicted molar refractivity (Wildman–Crippen MR) is 117 cm³/mol. The van der Waals surface area contributed by atoms with Gasteiger partial charge in [-0.3, -0.25) is 0 Å². The Labute approximate surface area is 184 Å². The number of benzene rings is 1. The smallest absolute Gasteiger partial charge is 0.216 e. The van der Waals surface area contributed by atoms with E-state index in [2.05, 4.69) is 20.2 Å². The van der Waals surface area contributed by atoms with Crippen molar-refractivity contribution in [3.05, 3.63) is 30.6 Å². The fraction of sp³-hybridized carbons (Fsp3) is 0.455. The standard InChI is InChI=1S/C22H24FN5O2S/c1-28(17-8-12-3-4-14(7-12)20(17)23)22-27-26-21(31-22)15-6-5-13(9-18(15)29)16-10-19(30-2)25-11-24-16/h5-6,9-12,14,17,20,29H,3-4,7-8H2,1-2H3/t12-,14+,17+,20-/m0/s1. The Morgan fingerprint density at radius 3 is 2.84 bits per heavy atom. The number of phenols is 1. The molecule has 0 amide bonds. The van der Waals surface area contributed by atoms with E-state index in [1.165, 1.54) is 17.7 Å². The molecule has 2 heterocycles. The van der Waals surface area contributed by atoms with Gasteiger partial charge >= 0.3 is 0 Å². The minimum absolute atomic E-state index is 0.0829. The van der Waals surface area contributed by atoms with Gasteiger partial charge in [0.2, 0.25) is 11.0 Å². The van der Waals surface area contributed by atoms with E-state index in [9.17, 15) is 9.50 Å². The van der Waals surface area contributed by atoms with Gasteiger partial charge in [-0.1, -0.05) is 17.4 Å². The van der Waals surface area contributed by atoms with Crippen LogP contribution in [0.15, 0.2) is 30.6 Å². The summed E-state index contributed by atoms with van der Waals surface area (Å²) < 4.78 is 20.1. The zero-order valence-corrected chi connectivity index (χ0v) is 18.2. The van der Waals surface area contributed by atoms with Crippen LogP contribution in [0.25, 0.3) is 21.8 Å². The van der Waals surface area contributed by atoms with Gasteiger partial charge < -0.3 is 14.7 Å². The molecule has 2 saturated carbocycles. The Morgan fingerprint density at radius 1 is 1.16 bits per heavy atom. The van der Waals surface area contributed by atoms with Crippen LogP contribution in [0.2, 0.25) is 0 Å². The van der Waals surface area contributed by atoms with Crippen molar-refractivity contribution in [1.29, 1.82) is 0 Å². The number of alkyl halides is 1. The van der Waals surface area contributed by atoms with Crippen molar-refractivity contribution in [2.75, 3.05) is 19.1 Å². The number of nitrogens with zero attached hydrogens (tertiary/aromatic N) is 5. The quantitative estimate of drug-likeness (QED) is 0.630. The average molecular weight is 442 g/mol. The highest BCUT2D eigenvalue weighted by molar-refractivity contribution is 7.18. The van der Waals surface area contributed by atoms with Gasteiger partial charge in [-0.25, -0.2) is 14.4 Å². The second kappa shape index (κ2) is 8.03. The normalized spacial score (nSPS) is 24.9. The van der Waals surface area contributed by atoms with Crippen LogP contribution in [-0.4, -0.2) is 51.6 Å². The van der Waals surface area contributed by atoms with Gasteiger partial charge in [-0.15, -0.1) is 10.2 Å². The third-order valence-corrected chi connectivity index (χ3v) is 7.61. The van der Waals surface area contributed by atoms with E-state index in [0.717, 1.165) is 31.2 Å². The fourth-order valence-corrected chi connectivity index (χ4v) is 5.76. The molecule has 0 saturated heterocycles. The monoisotopic (exact) mass is 441 g/mol. The molecule has 7 nitrogen and oxygen atoms in total. The fourth-order valence-electron chi connectivity index (χ4n) is 4.86. The molecule has 9 heteroatoms. The number of phenolic OH excluding ortho intramolecular Hbond substituents is 1. The number of ether oxygens (including phenoxy) is 1. The first-order valence-corrected chi connectivity index (χ1v) is 11.3. The van der Waals surface area contributed by atoms with E-state index >= 15 is 0 Å². The van der Waals surface area contributed by atoms with Crippen LogP contribution < -0.4 is 9.64 Å². The Balaban J connectivity index is 1.38. The summed E-state index contributed by atoms with van der Waals surface area (Å²) in [4.78, 5) is 10.2. The number of halogens is 1. The molecule has 162 valence electrons. The van der Waals surface area contributed by atoms with Crippen molar-refractivity contribution >= 4 is 16.5 Å². The van der Waals surface area contributed by atoms with Crippen molar-refractivity contribution in [1.82, 2.24) is 20.2 Å². The number of aromatic hydroxyl groups is 1. The number of rotatable bonds is 5. The lowest BCUT2D eigenvalue weighted by atomic mass is 9.83. The molecule has 0 radical (unpaired) electrons. The third-order valence-electron chi connectivity index (χ3n) is 6.56. The highest BCUT2D eigenvalue weighted by atomic mass is 32.1. The Kier molecular flexibility index (Phi) is 5.21. The van der Waals surface area contributed by atoms with Gasteiger partial charge in [0.25, 0.3) is 0 Å². The van der Waals surface area contributed by atoms with E-state index in [1.54, 1.807) is 25.3 Å².